The van der Waals surface area contributed by atoms with Crippen molar-refractivity contribution in [2.75, 3.05) is 40.8 Å². The van der Waals surface area contributed by atoms with Gasteiger partial charge in [-0.05, 0) is 44.6 Å². The van der Waals surface area contributed by atoms with Crippen molar-refractivity contribution in [3.63, 3.8) is 0 Å². The third-order valence-corrected chi connectivity index (χ3v) is 4.23. The molecular weight excluding hydrogens is 252 g/mol. The van der Waals surface area contributed by atoms with Crippen molar-refractivity contribution in [3.05, 3.63) is 29.8 Å². The van der Waals surface area contributed by atoms with Crippen molar-refractivity contribution in [3.8, 4) is 5.75 Å². The lowest BCUT2D eigenvalue weighted by atomic mass is 9.99. The Bertz CT molecular complexity index is 407. The molecule has 1 aromatic carbocycles. The summed E-state index contributed by atoms with van der Waals surface area (Å²) in [6.45, 7) is 3.05. The molecule has 0 amide bonds. The van der Waals surface area contributed by atoms with Gasteiger partial charge in [0.05, 0.1) is 13.2 Å². The Morgan fingerprint density at radius 1 is 1.25 bits per heavy atom. The third kappa shape index (κ3) is 3.95. The van der Waals surface area contributed by atoms with Gasteiger partial charge in [-0.1, -0.05) is 12.1 Å². The van der Waals surface area contributed by atoms with E-state index in [2.05, 4.69) is 36.0 Å². The maximum atomic E-state index is 10.4. The summed E-state index contributed by atoms with van der Waals surface area (Å²) < 4.78 is 5.15. The first-order valence-electron chi connectivity index (χ1n) is 7.30. The van der Waals surface area contributed by atoms with Crippen molar-refractivity contribution in [2.45, 2.75) is 25.0 Å². The van der Waals surface area contributed by atoms with Crippen LogP contribution >= 0.6 is 0 Å². The zero-order chi connectivity index (χ0) is 14.5. The molecule has 2 atom stereocenters. The summed E-state index contributed by atoms with van der Waals surface area (Å²) in [5, 5.41) is 10.4. The van der Waals surface area contributed by atoms with Crippen LogP contribution < -0.4 is 4.74 Å². The first-order chi connectivity index (χ1) is 9.60. The molecule has 1 aliphatic heterocycles. The van der Waals surface area contributed by atoms with Crippen molar-refractivity contribution >= 4 is 0 Å². The van der Waals surface area contributed by atoms with Crippen LogP contribution in [0, 0.1) is 0 Å². The molecule has 0 aromatic heterocycles. The van der Waals surface area contributed by atoms with Gasteiger partial charge in [0.1, 0.15) is 5.75 Å². The van der Waals surface area contributed by atoms with Gasteiger partial charge in [0, 0.05) is 25.7 Å². The molecule has 112 valence electrons. The molecule has 0 saturated carbocycles. The lowest BCUT2D eigenvalue weighted by Gasteiger charge is -2.40. The molecule has 0 bridgehead atoms. The average molecular weight is 278 g/mol. The summed E-state index contributed by atoms with van der Waals surface area (Å²) in [6, 6.07) is 8.33. The topological polar surface area (TPSA) is 35.9 Å². The second-order valence-corrected chi connectivity index (χ2v) is 5.76. The second kappa shape index (κ2) is 7.07. The van der Waals surface area contributed by atoms with E-state index in [9.17, 15) is 5.11 Å². The number of piperazine rings is 1. The number of nitrogens with zero attached hydrogens (tertiary/aromatic N) is 2. The Morgan fingerprint density at radius 3 is 2.60 bits per heavy atom. The highest BCUT2D eigenvalue weighted by molar-refractivity contribution is 5.27. The van der Waals surface area contributed by atoms with E-state index in [4.69, 9.17) is 4.74 Å². The Labute approximate surface area is 122 Å². The number of ether oxygens (including phenoxy) is 1. The van der Waals surface area contributed by atoms with Gasteiger partial charge in [-0.15, -0.1) is 0 Å². The highest BCUT2D eigenvalue weighted by Crippen LogP contribution is 2.17. The molecule has 1 saturated heterocycles. The van der Waals surface area contributed by atoms with Gasteiger partial charge in [-0.2, -0.15) is 0 Å². The quantitative estimate of drug-likeness (QED) is 0.879. The van der Waals surface area contributed by atoms with E-state index >= 15 is 0 Å². The number of benzene rings is 1. The van der Waals surface area contributed by atoms with Crippen molar-refractivity contribution < 1.29 is 9.84 Å². The van der Waals surface area contributed by atoms with E-state index in [0.717, 1.165) is 38.2 Å². The maximum absolute atomic E-state index is 10.4. The van der Waals surface area contributed by atoms with Crippen LogP contribution in [0.4, 0.5) is 0 Å². The largest absolute Gasteiger partial charge is 0.497 e. The monoisotopic (exact) mass is 278 g/mol. The number of aliphatic hydroxyl groups is 1. The molecule has 1 fully saturated rings. The van der Waals surface area contributed by atoms with Gasteiger partial charge in [-0.25, -0.2) is 0 Å². The van der Waals surface area contributed by atoms with Gasteiger partial charge in [0.2, 0.25) is 0 Å². The second-order valence-electron chi connectivity index (χ2n) is 5.76. The average Bonchev–Trinajstić information content (AvgIpc) is 2.47. The highest BCUT2D eigenvalue weighted by Gasteiger charge is 2.28. The number of hydrogen-bond acceptors (Lipinski definition) is 4. The molecule has 0 spiro atoms. The molecule has 1 heterocycles. The van der Waals surface area contributed by atoms with E-state index in [1.165, 1.54) is 5.56 Å². The highest BCUT2D eigenvalue weighted by atomic mass is 16.5. The normalized spacial score (nSPS) is 22.7. The summed E-state index contributed by atoms with van der Waals surface area (Å²) in [6.07, 6.45) is 1.43. The minimum Gasteiger partial charge on any atom is -0.497 e. The summed E-state index contributed by atoms with van der Waals surface area (Å²) in [5.41, 5.74) is 1.25. The van der Waals surface area contributed by atoms with Crippen molar-refractivity contribution in [1.29, 1.82) is 0 Å². The molecule has 4 heteroatoms. The van der Waals surface area contributed by atoms with Crippen LogP contribution in [-0.4, -0.2) is 67.9 Å². The summed E-state index contributed by atoms with van der Waals surface area (Å²) in [4.78, 5) is 4.57. The minimum atomic E-state index is -0.273. The van der Waals surface area contributed by atoms with E-state index in [0.29, 0.717) is 0 Å². The predicted octanol–water partition coefficient (Wildman–Crippen LogP) is 1.23. The van der Waals surface area contributed by atoms with E-state index in [-0.39, 0.29) is 12.1 Å². The molecule has 1 N–H and O–H groups in total. The fourth-order valence-corrected chi connectivity index (χ4v) is 2.76. The van der Waals surface area contributed by atoms with Crippen LogP contribution in [0.1, 0.15) is 12.0 Å². The molecule has 2 rings (SSSR count). The standard InChI is InChI=1S/C16H26N2O2/c1-17-10-11-18(2)15(12-17)16(19)9-6-13-4-7-14(20-3)8-5-13/h4-5,7-8,15-16,19H,6,9-12H2,1-3H3. The van der Waals surface area contributed by atoms with E-state index in [1.807, 2.05) is 12.1 Å². The van der Waals surface area contributed by atoms with E-state index in [1.54, 1.807) is 7.11 Å². The lowest BCUT2D eigenvalue weighted by molar-refractivity contribution is 0.0111. The van der Waals surface area contributed by atoms with Gasteiger partial charge in [-0.3, -0.25) is 4.90 Å². The molecule has 1 aliphatic rings. The third-order valence-electron chi connectivity index (χ3n) is 4.23. The fraction of sp³-hybridized carbons (Fsp3) is 0.625. The number of likely N-dealkylation sites (N-methyl/N-ethyl adjacent to an activating group) is 2. The van der Waals surface area contributed by atoms with Crippen LogP contribution in [0.2, 0.25) is 0 Å². The Hall–Kier alpha value is -1.10. The molecular formula is C16H26N2O2. The Kier molecular flexibility index (Phi) is 5.40. The molecule has 2 unspecified atom stereocenters. The van der Waals surface area contributed by atoms with Crippen LogP contribution in [0.5, 0.6) is 5.75 Å². The molecule has 0 aliphatic carbocycles. The van der Waals surface area contributed by atoms with Crippen molar-refractivity contribution in [1.82, 2.24) is 9.80 Å². The number of rotatable bonds is 5. The van der Waals surface area contributed by atoms with Crippen LogP contribution in [0.3, 0.4) is 0 Å². The first kappa shape index (κ1) is 15.3. The Balaban J connectivity index is 1.85. The predicted molar refractivity (Wildman–Crippen MR) is 81.2 cm³/mol. The Morgan fingerprint density at radius 2 is 1.95 bits per heavy atom. The summed E-state index contributed by atoms with van der Waals surface area (Å²) in [5.74, 6) is 0.878. The SMILES string of the molecule is COc1ccc(CCC(O)C2CN(C)CCN2C)cc1. The van der Waals surface area contributed by atoms with Crippen LogP contribution in [0.25, 0.3) is 0 Å². The maximum Gasteiger partial charge on any atom is 0.118 e. The number of hydrogen-bond donors (Lipinski definition) is 1. The first-order valence-corrected chi connectivity index (χ1v) is 7.30. The zero-order valence-electron chi connectivity index (χ0n) is 12.7. The number of aryl methyl sites for hydroxylation is 1. The number of methoxy groups -OCH3 is 1. The number of aliphatic hydroxyl groups excluding tert-OH is 1. The van der Waals surface area contributed by atoms with Gasteiger partial charge in [0.25, 0.3) is 0 Å². The smallest absolute Gasteiger partial charge is 0.118 e. The molecule has 1 aromatic rings. The van der Waals surface area contributed by atoms with Gasteiger partial charge in [0.15, 0.2) is 0 Å². The van der Waals surface area contributed by atoms with Crippen molar-refractivity contribution in [2.24, 2.45) is 0 Å². The van der Waals surface area contributed by atoms with Gasteiger partial charge < -0.3 is 14.7 Å². The fourth-order valence-electron chi connectivity index (χ4n) is 2.76. The molecule has 0 radical (unpaired) electrons. The van der Waals surface area contributed by atoms with E-state index < -0.39 is 0 Å². The molecule has 4 nitrogen and oxygen atoms in total. The lowest BCUT2D eigenvalue weighted by Crippen LogP contribution is -2.55. The zero-order valence-corrected chi connectivity index (χ0v) is 12.7. The minimum absolute atomic E-state index is 0.243. The van der Waals surface area contributed by atoms with Gasteiger partial charge >= 0.3 is 0 Å². The molecule has 20 heavy (non-hydrogen) atoms. The van der Waals surface area contributed by atoms with Crippen LogP contribution in [0.15, 0.2) is 24.3 Å². The van der Waals surface area contributed by atoms with Crippen LogP contribution in [-0.2, 0) is 6.42 Å². The summed E-state index contributed by atoms with van der Waals surface area (Å²) in [7, 11) is 5.90. The summed E-state index contributed by atoms with van der Waals surface area (Å²) >= 11 is 0.